The van der Waals surface area contributed by atoms with Crippen LogP contribution in [0.25, 0.3) is 21.5 Å². The molecule has 0 atom stereocenters. The van der Waals surface area contributed by atoms with Gasteiger partial charge in [-0.25, -0.2) is 0 Å². The van der Waals surface area contributed by atoms with Gasteiger partial charge in [-0.15, -0.1) is 0 Å². The van der Waals surface area contributed by atoms with E-state index in [2.05, 4.69) is 10.6 Å². The number of phenols is 1. The van der Waals surface area contributed by atoms with Gasteiger partial charge in [0, 0.05) is 18.0 Å². The zero-order valence-electron chi connectivity index (χ0n) is 35.6. The lowest BCUT2D eigenvalue weighted by Crippen LogP contribution is -2.15. The molecule has 2 amide bonds. The molecule has 3 N–H and O–H groups in total. The molecule has 0 saturated heterocycles. The smallest absolute Gasteiger partial charge is 0.228 e. The van der Waals surface area contributed by atoms with E-state index in [0.717, 1.165) is 72.4 Å². The highest BCUT2D eigenvalue weighted by Crippen LogP contribution is 2.30. The first kappa shape index (κ1) is 43.5. The monoisotopic (exact) mass is 838 g/mol. The van der Waals surface area contributed by atoms with Gasteiger partial charge >= 0.3 is 0 Å². The minimum Gasteiger partial charge on any atom is -0.508 e. The van der Waals surface area contributed by atoms with Crippen LogP contribution in [-0.4, -0.2) is 36.7 Å². The van der Waals surface area contributed by atoms with Gasteiger partial charge in [-0.2, -0.15) is 0 Å². The van der Waals surface area contributed by atoms with Crippen molar-refractivity contribution in [1.82, 2.24) is 0 Å². The number of anilines is 2. The highest BCUT2D eigenvalue weighted by atomic mass is 16.5. The van der Waals surface area contributed by atoms with Crippen molar-refractivity contribution in [2.75, 3.05) is 30.5 Å². The van der Waals surface area contributed by atoms with Gasteiger partial charge in [-0.3, -0.25) is 9.59 Å². The molecule has 0 radical (unpaired) electrons. The van der Waals surface area contributed by atoms with Crippen LogP contribution in [0.2, 0.25) is 0 Å². The number of aryl methyl sites for hydroxylation is 2. The largest absolute Gasteiger partial charge is 0.508 e. The van der Waals surface area contributed by atoms with Crippen LogP contribution in [0.1, 0.15) is 29.2 Å². The van der Waals surface area contributed by atoms with Crippen molar-refractivity contribution in [3.05, 3.63) is 192 Å². The van der Waals surface area contributed by atoms with Crippen molar-refractivity contribution in [1.29, 1.82) is 0 Å². The van der Waals surface area contributed by atoms with Crippen LogP contribution in [0.15, 0.2) is 170 Å². The number of ether oxygens (including phenoxy) is 4. The fourth-order valence-electron chi connectivity index (χ4n) is 6.80. The first-order chi connectivity index (χ1) is 30.7. The minimum atomic E-state index is -0.0502. The fourth-order valence-corrected chi connectivity index (χ4v) is 6.80. The maximum atomic E-state index is 12.4. The summed E-state index contributed by atoms with van der Waals surface area (Å²) in [6, 6.07) is 53.5. The molecule has 0 spiro atoms. The molecule has 0 bridgehead atoms. The summed E-state index contributed by atoms with van der Waals surface area (Å²) in [5, 5.41) is 19.6. The Morgan fingerprint density at radius 1 is 0.476 bits per heavy atom. The highest BCUT2D eigenvalue weighted by molar-refractivity contribution is 5.94. The van der Waals surface area contributed by atoms with Crippen LogP contribution in [-0.2, 0) is 27.2 Å². The van der Waals surface area contributed by atoms with Crippen molar-refractivity contribution < 1.29 is 33.6 Å². The van der Waals surface area contributed by atoms with Gasteiger partial charge in [0.2, 0.25) is 11.8 Å². The standard InChI is InChI=1S/C29H29NO4.C25H21NO3/c1-3-32-16-17-33-26-14-10-24-20-27(15-11-23(24)19-26)34-25-12-8-22(9-13-25)18-29(31)30-28-7-5-4-6-21(28)2;1-17-4-2-3-5-24(17)26-25(28)14-18-6-11-22(12-7-18)29-23-13-9-19-15-21(27)10-8-20(19)16-23/h4-15,19-20H,3,16-18H2,1-2H3,(H,30,31);2-13,15-16,27H,14H2,1H3,(H,26,28). The van der Waals surface area contributed by atoms with Crippen LogP contribution < -0.4 is 24.8 Å². The lowest BCUT2D eigenvalue weighted by Gasteiger charge is -2.10. The molecule has 0 aliphatic carbocycles. The van der Waals surface area contributed by atoms with E-state index in [1.807, 2.05) is 178 Å². The molecule has 0 aliphatic heterocycles. The number of amides is 2. The van der Waals surface area contributed by atoms with E-state index in [1.54, 1.807) is 12.1 Å². The predicted molar refractivity (Wildman–Crippen MR) is 252 cm³/mol. The first-order valence-electron chi connectivity index (χ1n) is 20.9. The van der Waals surface area contributed by atoms with Gasteiger partial charge < -0.3 is 34.7 Å². The van der Waals surface area contributed by atoms with Crippen molar-refractivity contribution in [3.8, 4) is 34.5 Å². The van der Waals surface area contributed by atoms with E-state index in [4.69, 9.17) is 18.9 Å². The quantitative estimate of drug-likeness (QED) is 0.0881. The number of nitrogens with one attached hydrogen (secondary N) is 2. The molecule has 8 rings (SSSR count). The maximum Gasteiger partial charge on any atom is 0.228 e. The van der Waals surface area contributed by atoms with Gasteiger partial charge in [0.05, 0.1) is 19.4 Å². The number of rotatable bonds is 15. The Balaban J connectivity index is 0.000000191. The van der Waals surface area contributed by atoms with Gasteiger partial charge in [0.15, 0.2) is 0 Å². The van der Waals surface area contributed by atoms with Crippen LogP contribution in [0.3, 0.4) is 0 Å². The molecule has 318 valence electrons. The van der Waals surface area contributed by atoms with E-state index >= 15 is 0 Å². The molecule has 8 aromatic carbocycles. The van der Waals surface area contributed by atoms with Crippen molar-refractivity contribution >= 4 is 44.7 Å². The predicted octanol–water partition coefficient (Wildman–Crippen LogP) is 12.4. The van der Waals surface area contributed by atoms with Gasteiger partial charge in [-0.05, 0) is 149 Å². The summed E-state index contributed by atoms with van der Waals surface area (Å²) in [7, 11) is 0. The summed E-state index contributed by atoms with van der Waals surface area (Å²) in [4.78, 5) is 24.7. The normalized spacial score (nSPS) is 10.7. The minimum absolute atomic E-state index is 0.0428. The first-order valence-corrected chi connectivity index (χ1v) is 20.9. The third kappa shape index (κ3) is 12.7. The Labute approximate surface area is 367 Å². The number of para-hydroxylation sites is 2. The molecule has 0 heterocycles. The van der Waals surface area contributed by atoms with Crippen LogP contribution in [0, 0.1) is 13.8 Å². The average Bonchev–Trinajstić information content (AvgIpc) is 3.28. The number of carbonyl (C=O) groups is 2. The van der Waals surface area contributed by atoms with Gasteiger partial charge in [0.25, 0.3) is 0 Å². The number of aromatic hydroxyl groups is 1. The van der Waals surface area contributed by atoms with Gasteiger partial charge in [-0.1, -0.05) is 84.9 Å². The summed E-state index contributed by atoms with van der Waals surface area (Å²) < 4.78 is 23.0. The molecular formula is C54H50N2O7. The Kier molecular flexibility index (Phi) is 14.7. The molecule has 0 aliphatic rings. The third-order valence-electron chi connectivity index (χ3n) is 10.2. The zero-order chi connectivity index (χ0) is 44.0. The van der Waals surface area contributed by atoms with Crippen LogP contribution >= 0.6 is 0 Å². The number of benzene rings is 8. The summed E-state index contributed by atoms with van der Waals surface area (Å²) in [6.45, 7) is 7.72. The Morgan fingerprint density at radius 2 is 0.889 bits per heavy atom. The van der Waals surface area contributed by atoms with Crippen LogP contribution in [0.5, 0.6) is 34.5 Å². The molecular weight excluding hydrogens is 789 g/mol. The topological polar surface area (TPSA) is 115 Å². The van der Waals surface area contributed by atoms with E-state index in [1.165, 1.54) is 0 Å². The zero-order valence-corrected chi connectivity index (χ0v) is 35.6. The molecule has 0 saturated carbocycles. The summed E-state index contributed by atoms with van der Waals surface area (Å²) in [5.41, 5.74) is 5.59. The summed E-state index contributed by atoms with van der Waals surface area (Å²) in [6.07, 6.45) is 0.605. The van der Waals surface area contributed by atoms with E-state index in [-0.39, 0.29) is 17.6 Å². The van der Waals surface area contributed by atoms with E-state index in [0.29, 0.717) is 44.2 Å². The molecule has 0 unspecified atom stereocenters. The maximum absolute atomic E-state index is 12.4. The lowest BCUT2D eigenvalue weighted by molar-refractivity contribution is -0.116. The number of fused-ring (bicyclic) bond motifs is 2. The third-order valence-corrected chi connectivity index (χ3v) is 10.2. The van der Waals surface area contributed by atoms with Crippen molar-refractivity contribution in [2.24, 2.45) is 0 Å². The fraction of sp³-hybridized carbons (Fsp3) is 0.148. The van der Waals surface area contributed by atoms with Gasteiger partial charge in [0.1, 0.15) is 41.1 Å². The van der Waals surface area contributed by atoms with E-state index in [9.17, 15) is 14.7 Å². The second-order valence-corrected chi connectivity index (χ2v) is 15.0. The highest BCUT2D eigenvalue weighted by Gasteiger charge is 2.09. The molecule has 9 heteroatoms. The summed E-state index contributed by atoms with van der Waals surface area (Å²) in [5.74, 6) is 3.86. The lowest BCUT2D eigenvalue weighted by atomic mass is 10.1. The number of phenolic OH excluding ortho intramolecular Hbond substituents is 1. The molecule has 0 aromatic heterocycles. The number of hydrogen-bond donors (Lipinski definition) is 3. The van der Waals surface area contributed by atoms with Crippen molar-refractivity contribution in [2.45, 2.75) is 33.6 Å². The molecule has 0 fully saturated rings. The Hall–Kier alpha value is -7.62. The molecule has 9 nitrogen and oxygen atoms in total. The molecule has 63 heavy (non-hydrogen) atoms. The average molecular weight is 839 g/mol. The van der Waals surface area contributed by atoms with Crippen molar-refractivity contribution in [3.63, 3.8) is 0 Å². The Morgan fingerprint density at radius 3 is 1.37 bits per heavy atom. The SMILES string of the molecule is CCOCCOc1ccc2cc(Oc3ccc(CC(=O)Nc4ccccc4C)cc3)ccc2c1.Cc1ccccc1NC(=O)Cc1ccc(Oc2ccc3cc(O)ccc3c2)cc1. The number of hydrogen-bond acceptors (Lipinski definition) is 7. The van der Waals surface area contributed by atoms with E-state index < -0.39 is 0 Å². The summed E-state index contributed by atoms with van der Waals surface area (Å²) >= 11 is 0. The molecule has 8 aromatic rings. The number of carbonyl (C=O) groups excluding carboxylic acids is 2. The Bertz CT molecular complexity index is 2800. The van der Waals surface area contributed by atoms with Crippen LogP contribution in [0.4, 0.5) is 11.4 Å². The second-order valence-electron chi connectivity index (χ2n) is 15.0. The second kappa shape index (κ2) is 21.3.